The lowest BCUT2D eigenvalue weighted by Gasteiger charge is -2.18. The number of hydrogen-bond acceptors (Lipinski definition) is 5. The van der Waals surface area contributed by atoms with Gasteiger partial charge in [0, 0.05) is 28.4 Å². The monoisotopic (exact) mass is 606 g/mol. The van der Waals surface area contributed by atoms with Crippen LogP contribution in [-0.2, 0) is 12.8 Å². The lowest BCUT2D eigenvalue weighted by molar-refractivity contribution is -0.137. The van der Waals surface area contributed by atoms with Crippen LogP contribution < -0.4 is 15.8 Å². The largest absolute Gasteiger partial charge is 0.487 e. The Balaban J connectivity index is 1.56. The summed E-state index contributed by atoms with van der Waals surface area (Å²) in [5.74, 6) is 0.0516. The first-order valence-electron chi connectivity index (χ1n) is 12.1. The normalized spacial score (nSPS) is 11.4. The number of rotatable bonds is 6. The smallest absolute Gasteiger partial charge is 0.416 e. The van der Waals surface area contributed by atoms with Crippen LogP contribution in [0.5, 0.6) is 5.75 Å². The van der Waals surface area contributed by atoms with Gasteiger partial charge in [0.1, 0.15) is 12.4 Å². The number of amides is 1. The molecule has 0 radical (unpaired) electrons. The van der Waals surface area contributed by atoms with Crippen LogP contribution in [0, 0.1) is 6.92 Å². The maximum Gasteiger partial charge on any atom is 0.416 e. The van der Waals surface area contributed by atoms with Gasteiger partial charge in [0.15, 0.2) is 0 Å². The number of ether oxygens (including phenoxy) is 1. The van der Waals surface area contributed by atoms with E-state index in [0.717, 1.165) is 23.3 Å². The molecule has 0 fully saturated rings. The van der Waals surface area contributed by atoms with Crippen LogP contribution in [0.4, 0.5) is 24.8 Å². The van der Waals surface area contributed by atoms with E-state index in [9.17, 15) is 18.0 Å². The Morgan fingerprint density at radius 3 is 2.52 bits per heavy atom. The summed E-state index contributed by atoms with van der Waals surface area (Å²) in [6, 6.07) is 21.1. The highest BCUT2D eigenvalue weighted by atomic mass is 79.9. The van der Waals surface area contributed by atoms with Crippen molar-refractivity contribution in [1.29, 1.82) is 0 Å². The molecule has 4 aromatic carbocycles. The number of nitrogens with zero attached hydrogens (tertiary/aromatic N) is 2. The summed E-state index contributed by atoms with van der Waals surface area (Å²) in [7, 11) is 0. The zero-order chi connectivity index (χ0) is 28.4. The van der Waals surface area contributed by atoms with Crippen molar-refractivity contribution in [2.75, 3.05) is 11.1 Å². The molecule has 1 amide bonds. The molecule has 0 bridgehead atoms. The SMILES string of the molecule is Cc1ccc(C(=O)Nc2cccc(C(F)(F)F)c2)cc1-c1cc2cnc(N)nc2c(Br)c1OCc1ccccc1. The summed E-state index contributed by atoms with van der Waals surface area (Å²) in [5, 5.41) is 3.26. The molecule has 0 saturated carbocycles. The minimum absolute atomic E-state index is 0.0389. The van der Waals surface area contributed by atoms with Gasteiger partial charge in [-0.05, 0) is 75.9 Å². The third kappa shape index (κ3) is 5.76. The number of hydrogen-bond donors (Lipinski definition) is 2. The number of alkyl halides is 3. The molecule has 10 heteroatoms. The van der Waals surface area contributed by atoms with Crippen molar-refractivity contribution in [3.8, 4) is 16.9 Å². The van der Waals surface area contributed by atoms with Crippen molar-refractivity contribution in [2.45, 2.75) is 19.7 Å². The van der Waals surface area contributed by atoms with Crippen LogP contribution in [0.1, 0.15) is 27.0 Å². The standard InChI is InChI=1S/C30H22BrF3N4O2/c1-17-10-11-19(28(39)37-22-9-5-8-21(14-22)30(32,33)34)12-23(17)24-13-20-15-36-29(35)38-26(20)25(31)27(24)40-16-18-6-3-2-4-7-18/h2-15H,16H2,1H3,(H,37,39)(H2,35,36,38). The Kier molecular flexibility index (Phi) is 7.44. The minimum atomic E-state index is -4.52. The van der Waals surface area contributed by atoms with Gasteiger partial charge in [0.25, 0.3) is 5.91 Å². The zero-order valence-electron chi connectivity index (χ0n) is 21.1. The third-order valence-corrected chi connectivity index (χ3v) is 6.99. The van der Waals surface area contributed by atoms with Gasteiger partial charge in [-0.3, -0.25) is 4.79 Å². The van der Waals surface area contributed by atoms with E-state index in [-0.39, 0.29) is 23.8 Å². The summed E-state index contributed by atoms with van der Waals surface area (Å²) in [4.78, 5) is 21.6. The molecule has 0 saturated heterocycles. The van der Waals surface area contributed by atoms with Gasteiger partial charge in [-0.25, -0.2) is 9.97 Å². The predicted octanol–water partition coefficient (Wildman–Crippen LogP) is 7.80. The van der Waals surface area contributed by atoms with E-state index >= 15 is 0 Å². The van der Waals surface area contributed by atoms with E-state index in [2.05, 4.69) is 31.2 Å². The first-order chi connectivity index (χ1) is 19.1. The van der Waals surface area contributed by atoms with E-state index in [1.165, 1.54) is 12.1 Å². The number of fused-ring (bicyclic) bond motifs is 1. The molecule has 202 valence electrons. The molecule has 0 aliphatic heterocycles. The average Bonchev–Trinajstić information content (AvgIpc) is 2.93. The van der Waals surface area contributed by atoms with Crippen LogP contribution in [0.3, 0.4) is 0 Å². The molecule has 5 aromatic rings. The van der Waals surface area contributed by atoms with Crippen molar-refractivity contribution in [1.82, 2.24) is 9.97 Å². The molecule has 0 aliphatic rings. The first-order valence-corrected chi connectivity index (χ1v) is 12.9. The molecule has 6 nitrogen and oxygen atoms in total. The summed E-state index contributed by atoms with van der Waals surface area (Å²) < 4.78 is 46.3. The summed E-state index contributed by atoms with van der Waals surface area (Å²) in [6.07, 6.45) is -2.92. The second-order valence-electron chi connectivity index (χ2n) is 9.07. The molecule has 5 rings (SSSR count). The minimum Gasteiger partial charge on any atom is -0.487 e. The summed E-state index contributed by atoms with van der Waals surface area (Å²) >= 11 is 3.63. The van der Waals surface area contributed by atoms with Gasteiger partial charge < -0.3 is 15.8 Å². The molecule has 1 heterocycles. The van der Waals surface area contributed by atoms with E-state index in [0.29, 0.717) is 32.3 Å². The highest BCUT2D eigenvalue weighted by Gasteiger charge is 2.30. The van der Waals surface area contributed by atoms with Gasteiger partial charge in [-0.1, -0.05) is 42.5 Å². The number of anilines is 2. The summed E-state index contributed by atoms with van der Waals surface area (Å²) in [6.45, 7) is 2.16. The second kappa shape index (κ2) is 11.0. The Morgan fingerprint density at radius 1 is 1.00 bits per heavy atom. The van der Waals surface area contributed by atoms with Gasteiger partial charge in [0.05, 0.1) is 15.6 Å². The fourth-order valence-electron chi connectivity index (χ4n) is 4.23. The zero-order valence-corrected chi connectivity index (χ0v) is 22.7. The van der Waals surface area contributed by atoms with Gasteiger partial charge in [-0.2, -0.15) is 13.2 Å². The van der Waals surface area contributed by atoms with E-state index in [4.69, 9.17) is 10.5 Å². The molecule has 0 spiro atoms. The van der Waals surface area contributed by atoms with Crippen LogP contribution in [-0.4, -0.2) is 15.9 Å². The molecule has 3 N–H and O–H groups in total. The topological polar surface area (TPSA) is 90.1 Å². The van der Waals surface area contributed by atoms with E-state index in [1.54, 1.807) is 24.4 Å². The average molecular weight is 607 g/mol. The van der Waals surface area contributed by atoms with Crippen LogP contribution in [0.15, 0.2) is 89.5 Å². The fourth-order valence-corrected chi connectivity index (χ4v) is 4.88. The van der Waals surface area contributed by atoms with Crippen molar-refractivity contribution in [3.63, 3.8) is 0 Å². The van der Waals surface area contributed by atoms with Crippen LogP contribution in [0.2, 0.25) is 0 Å². The number of nitrogens with one attached hydrogen (secondary N) is 1. The first kappa shape index (κ1) is 27.1. The number of aryl methyl sites for hydroxylation is 1. The second-order valence-corrected chi connectivity index (χ2v) is 9.86. The number of nitrogen functional groups attached to an aromatic ring is 1. The Morgan fingerprint density at radius 2 is 1.77 bits per heavy atom. The van der Waals surface area contributed by atoms with Crippen molar-refractivity contribution >= 4 is 44.4 Å². The van der Waals surface area contributed by atoms with Crippen molar-refractivity contribution < 1.29 is 22.7 Å². The van der Waals surface area contributed by atoms with Gasteiger partial charge in [-0.15, -0.1) is 0 Å². The van der Waals surface area contributed by atoms with Gasteiger partial charge >= 0.3 is 6.18 Å². The molecular formula is C30H22BrF3N4O2. The van der Waals surface area contributed by atoms with E-state index < -0.39 is 17.6 Å². The highest BCUT2D eigenvalue weighted by molar-refractivity contribution is 9.10. The van der Waals surface area contributed by atoms with Crippen molar-refractivity contribution in [3.05, 3.63) is 112 Å². The molecule has 0 atom stereocenters. The van der Waals surface area contributed by atoms with Gasteiger partial charge in [0.2, 0.25) is 5.95 Å². The van der Waals surface area contributed by atoms with E-state index in [1.807, 2.05) is 43.3 Å². The fraction of sp³-hybridized carbons (Fsp3) is 0.100. The Bertz CT molecular complexity index is 1730. The Hall–Kier alpha value is -4.44. The maximum absolute atomic E-state index is 13.1. The molecule has 0 aliphatic carbocycles. The summed E-state index contributed by atoms with van der Waals surface area (Å²) in [5.41, 5.74) is 9.03. The highest BCUT2D eigenvalue weighted by Crippen LogP contribution is 2.43. The lowest BCUT2D eigenvalue weighted by atomic mass is 9.95. The molecule has 40 heavy (non-hydrogen) atoms. The predicted molar refractivity (Wildman–Crippen MR) is 152 cm³/mol. The number of nitrogens with two attached hydrogens (primary N) is 1. The van der Waals surface area contributed by atoms with Crippen LogP contribution in [0.25, 0.3) is 22.0 Å². The molecule has 0 unspecified atom stereocenters. The quantitative estimate of drug-likeness (QED) is 0.206. The number of carbonyl (C=O) groups excluding carboxylic acids is 1. The lowest BCUT2D eigenvalue weighted by Crippen LogP contribution is -2.13. The maximum atomic E-state index is 13.1. The number of aromatic nitrogens is 2. The Labute approximate surface area is 236 Å². The molecular weight excluding hydrogens is 585 g/mol. The number of carbonyl (C=O) groups is 1. The van der Waals surface area contributed by atoms with Crippen LogP contribution >= 0.6 is 15.9 Å². The molecule has 1 aromatic heterocycles. The number of halogens is 4. The number of benzene rings is 4. The van der Waals surface area contributed by atoms with Crippen molar-refractivity contribution in [2.24, 2.45) is 0 Å². The third-order valence-electron chi connectivity index (χ3n) is 6.25.